The lowest BCUT2D eigenvalue weighted by Crippen LogP contribution is -2.28. The van der Waals surface area contributed by atoms with E-state index in [1.165, 1.54) is 19.8 Å². The molecule has 0 saturated carbocycles. The first kappa shape index (κ1) is 13.1. The average Bonchev–Trinajstić information content (AvgIpc) is 2.88. The minimum absolute atomic E-state index is 0.370. The third-order valence-corrected chi connectivity index (χ3v) is 3.06. The number of carbonyl (C=O) groups is 1. The molecule has 5 nitrogen and oxygen atoms in total. The Morgan fingerprint density at radius 2 is 2.50 bits per heavy atom. The van der Waals surface area contributed by atoms with Crippen molar-refractivity contribution in [3.8, 4) is 0 Å². The van der Waals surface area contributed by atoms with Gasteiger partial charge in [0.05, 0.1) is 25.8 Å². The van der Waals surface area contributed by atoms with Crippen molar-refractivity contribution in [3.05, 3.63) is 23.7 Å². The number of ether oxygens (including phenoxy) is 2. The van der Waals surface area contributed by atoms with Crippen LogP contribution in [0.15, 0.2) is 16.7 Å². The topological polar surface area (TPSA) is 60.7 Å². The number of hydrogen-bond donors (Lipinski definition) is 1. The Morgan fingerprint density at radius 1 is 1.61 bits per heavy atom. The molecule has 0 radical (unpaired) electrons. The van der Waals surface area contributed by atoms with E-state index in [9.17, 15) is 4.79 Å². The molecule has 1 saturated heterocycles. The zero-order chi connectivity index (χ0) is 12.8. The van der Waals surface area contributed by atoms with E-state index in [1.54, 1.807) is 6.07 Å². The molecule has 0 aliphatic carbocycles. The van der Waals surface area contributed by atoms with Crippen molar-refractivity contribution < 1.29 is 18.7 Å². The van der Waals surface area contributed by atoms with E-state index in [0.717, 1.165) is 31.9 Å². The van der Waals surface area contributed by atoms with E-state index in [4.69, 9.17) is 9.15 Å². The summed E-state index contributed by atoms with van der Waals surface area (Å²) in [4.78, 5) is 11.2. The van der Waals surface area contributed by atoms with Crippen molar-refractivity contribution in [2.24, 2.45) is 5.92 Å². The molecule has 1 N–H and O–H groups in total. The largest absolute Gasteiger partial charge is 0.467 e. The van der Waals surface area contributed by atoms with Crippen molar-refractivity contribution in [1.82, 2.24) is 5.32 Å². The molecule has 0 bridgehead atoms. The first-order valence-corrected chi connectivity index (χ1v) is 6.24. The van der Waals surface area contributed by atoms with E-state index >= 15 is 0 Å². The van der Waals surface area contributed by atoms with E-state index in [2.05, 4.69) is 10.1 Å². The molecule has 0 aromatic carbocycles. The van der Waals surface area contributed by atoms with Gasteiger partial charge in [0, 0.05) is 13.2 Å². The summed E-state index contributed by atoms with van der Waals surface area (Å²) < 4.78 is 15.3. The SMILES string of the molecule is COC(=O)c1coc(CNCC2CCCOC2)c1. The van der Waals surface area contributed by atoms with Gasteiger partial charge in [-0.05, 0) is 24.8 Å². The Kier molecular flexibility index (Phi) is 4.78. The van der Waals surface area contributed by atoms with Crippen LogP contribution in [0.25, 0.3) is 0 Å². The average molecular weight is 253 g/mol. The Morgan fingerprint density at radius 3 is 3.22 bits per heavy atom. The predicted molar refractivity (Wildman–Crippen MR) is 65.3 cm³/mol. The number of hydrogen-bond acceptors (Lipinski definition) is 5. The fraction of sp³-hybridized carbons (Fsp3) is 0.615. The van der Waals surface area contributed by atoms with Crippen molar-refractivity contribution in [2.45, 2.75) is 19.4 Å². The van der Waals surface area contributed by atoms with Crippen LogP contribution >= 0.6 is 0 Å². The zero-order valence-electron chi connectivity index (χ0n) is 10.6. The molecule has 0 spiro atoms. The van der Waals surface area contributed by atoms with Crippen LogP contribution in [0.3, 0.4) is 0 Å². The molecular weight excluding hydrogens is 234 g/mol. The summed E-state index contributed by atoms with van der Waals surface area (Å²) in [5.74, 6) is 0.951. The van der Waals surface area contributed by atoms with Crippen LogP contribution in [0.5, 0.6) is 0 Å². The van der Waals surface area contributed by atoms with E-state index < -0.39 is 0 Å². The molecule has 5 heteroatoms. The molecule has 1 aliphatic heterocycles. The molecule has 1 aromatic rings. The van der Waals surface area contributed by atoms with Gasteiger partial charge in [0.15, 0.2) is 0 Å². The lowest BCUT2D eigenvalue weighted by molar-refractivity contribution is 0.0546. The summed E-state index contributed by atoms with van der Waals surface area (Å²) in [6.07, 6.45) is 3.77. The maximum absolute atomic E-state index is 11.2. The van der Waals surface area contributed by atoms with Crippen molar-refractivity contribution in [1.29, 1.82) is 0 Å². The van der Waals surface area contributed by atoms with Gasteiger partial charge in [0.25, 0.3) is 0 Å². The summed E-state index contributed by atoms with van der Waals surface area (Å²) in [7, 11) is 1.36. The molecule has 1 aromatic heterocycles. The fourth-order valence-corrected chi connectivity index (χ4v) is 2.07. The first-order valence-electron chi connectivity index (χ1n) is 6.24. The molecule has 1 atom stereocenters. The highest BCUT2D eigenvalue weighted by molar-refractivity contribution is 5.88. The van der Waals surface area contributed by atoms with Gasteiger partial charge in [-0.3, -0.25) is 0 Å². The number of furan rings is 1. The van der Waals surface area contributed by atoms with Gasteiger partial charge in [-0.1, -0.05) is 0 Å². The molecule has 1 unspecified atom stereocenters. The van der Waals surface area contributed by atoms with Crippen LogP contribution in [-0.4, -0.2) is 32.8 Å². The highest BCUT2D eigenvalue weighted by atomic mass is 16.5. The monoisotopic (exact) mass is 253 g/mol. The third-order valence-electron chi connectivity index (χ3n) is 3.06. The standard InChI is InChI=1S/C13H19NO4/c1-16-13(15)11-5-12(18-9-11)7-14-6-10-3-2-4-17-8-10/h5,9-10,14H,2-4,6-8H2,1H3. The Bertz CT molecular complexity index is 382. The van der Waals surface area contributed by atoms with Crippen molar-refractivity contribution in [2.75, 3.05) is 26.9 Å². The van der Waals surface area contributed by atoms with Crippen molar-refractivity contribution in [3.63, 3.8) is 0 Å². The lowest BCUT2D eigenvalue weighted by Gasteiger charge is -2.21. The van der Waals surface area contributed by atoms with Gasteiger partial charge in [-0.2, -0.15) is 0 Å². The molecule has 1 aliphatic rings. The second-order valence-corrected chi connectivity index (χ2v) is 4.51. The quantitative estimate of drug-likeness (QED) is 0.807. The summed E-state index contributed by atoms with van der Waals surface area (Å²) in [6, 6.07) is 1.70. The molecule has 1 fully saturated rings. The van der Waals surface area contributed by atoms with Crippen LogP contribution in [0.1, 0.15) is 29.0 Å². The van der Waals surface area contributed by atoms with Crippen LogP contribution in [0.2, 0.25) is 0 Å². The highest BCUT2D eigenvalue weighted by Crippen LogP contribution is 2.13. The van der Waals surface area contributed by atoms with Gasteiger partial charge >= 0.3 is 5.97 Å². The van der Waals surface area contributed by atoms with Crippen LogP contribution in [0, 0.1) is 5.92 Å². The second kappa shape index (κ2) is 6.56. The van der Waals surface area contributed by atoms with Crippen LogP contribution in [-0.2, 0) is 16.0 Å². The number of nitrogens with one attached hydrogen (secondary N) is 1. The fourth-order valence-electron chi connectivity index (χ4n) is 2.07. The van der Waals surface area contributed by atoms with Crippen LogP contribution < -0.4 is 5.32 Å². The summed E-state index contributed by atoms with van der Waals surface area (Å²) in [5, 5.41) is 3.32. The molecule has 100 valence electrons. The Balaban J connectivity index is 1.72. The van der Waals surface area contributed by atoms with E-state index in [-0.39, 0.29) is 5.97 Å². The van der Waals surface area contributed by atoms with E-state index in [0.29, 0.717) is 18.0 Å². The minimum atomic E-state index is -0.370. The smallest absolute Gasteiger partial charge is 0.341 e. The molecule has 2 rings (SSSR count). The molecule has 18 heavy (non-hydrogen) atoms. The van der Waals surface area contributed by atoms with Gasteiger partial charge in [-0.15, -0.1) is 0 Å². The van der Waals surface area contributed by atoms with E-state index in [1.807, 2.05) is 0 Å². The zero-order valence-corrected chi connectivity index (χ0v) is 10.6. The summed E-state index contributed by atoms with van der Waals surface area (Å²) in [6.45, 7) is 3.25. The first-order chi connectivity index (χ1) is 8.79. The van der Waals surface area contributed by atoms with Gasteiger partial charge in [0.2, 0.25) is 0 Å². The predicted octanol–water partition coefficient (Wildman–Crippen LogP) is 1.58. The number of carbonyl (C=O) groups excluding carboxylic acids is 1. The molecule has 2 heterocycles. The lowest BCUT2D eigenvalue weighted by atomic mass is 10.0. The Hall–Kier alpha value is -1.33. The maximum atomic E-state index is 11.2. The number of rotatable bonds is 5. The third kappa shape index (κ3) is 3.58. The summed E-state index contributed by atoms with van der Waals surface area (Å²) >= 11 is 0. The van der Waals surface area contributed by atoms with Crippen molar-refractivity contribution >= 4 is 5.97 Å². The van der Waals surface area contributed by atoms with Gasteiger partial charge < -0.3 is 19.2 Å². The minimum Gasteiger partial charge on any atom is -0.467 e. The van der Waals surface area contributed by atoms with Gasteiger partial charge in [0.1, 0.15) is 12.0 Å². The number of methoxy groups -OCH3 is 1. The Labute approximate surface area is 106 Å². The normalized spacial score (nSPS) is 19.7. The highest BCUT2D eigenvalue weighted by Gasteiger charge is 2.14. The second-order valence-electron chi connectivity index (χ2n) is 4.51. The maximum Gasteiger partial charge on any atom is 0.341 e. The van der Waals surface area contributed by atoms with Gasteiger partial charge in [-0.25, -0.2) is 4.79 Å². The van der Waals surface area contributed by atoms with Crippen LogP contribution in [0.4, 0.5) is 0 Å². The number of esters is 1. The molecular formula is C13H19NO4. The molecule has 0 amide bonds. The summed E-state index contributed by atoms with van der Waals surface area (Å²) in [5.41, 5.74) is 0.454.